The second-order valence-electron chi connectivity index (χ2n) is 4.66. The van der Waals surface area contributed by atoms with E-state index in [2.05, 4.69) is 21.7 Å². The molecule has 0 amide bonds. The molecule has 0 radical (unpaired) electrons. The third kappa shape index (κ3) is 5.25. The van der Waals surface area contributed by atoms with Crippen molar-refractivity contribution in [3.8, 4) is 5.75 Å². The molecule has 2 N–H and O–H groups in total. The first-order valence-corrected chi connectivity index (χ1v) is 6.83. The summed E-state index contributed by atoms with van der Waals surface area (Å²) in [6.07, 6.45) is 1.66. The van der Waals surface area contributed by atoms with Crippen LogP contribution in [0.4, 0.5) is 0 Å². The van der Waals surface area contributed by atoms with E-state index >= 15 is 0 Å². The fraction of sp³-hybridized carbons (Fsp3) is 0.312. The van der Waals surface area contributed by atoms with Crippen LogP contribution in [0.1, 0.15) is 16.9 Å². The van der Waals surface area contributed by atoms with Gasteiger partial charge in [0.1, 0.15) is 11.5 Å². The van der Waals surface area contributed by atoms with Gasteiger partial charge in [0.25, 0.3) is 0 Å². The van der Waals surface area contributed by atoms with E-state index in [-0.39, 0.29) is 24.0 Å². The molecule has 6 heteroatoms. The van der Waals surface area contributed by atoms with Crippen molar-refractivity contribution in [2.75, 3.05) is 14.2 Å². The van der Waals surface area contributed by atoms with Crippen molar-refractivity contribution in [3.05, 3.63) is 53.5 Å². The maximum Gasteiger partial charge on any atom is 0.191 e. The SMILES string of the molecule is CN=C(NCc1ccc(OC)c(C)c1)NCc1ccco1.I. The number of methoxy groups -OCH3 is 1. The van der Waals surface area contributed by atoms with E-state index in [4.69, 9.17) is 9.15 Å². The lowest BCUT2D eigenvalue weighted by Crippen LogP contribution is -2.36. The zero-order valence-electron chi connectivity index (χ0n) is 13.1. The maximum atomic E-state index is 5.27. The van der Waals surface area contributed by atoms with E-state index in [0.717, 1.165) is 23.0 Å². The molecule has 0 spiro atoms. The molecule has 0 atom stereocenters. The van der Waals surface area contributed by atoms with Gasteiger partial charge in [-0.25, -0.2) is 0 Å². The van der Waals surface area contributed by atoms with Gasteiger partial charge in [0, 0.05) is 13.6 Å². The average molecular weight is 415 g/mol. The number of aliphatic imine (C=N–C) groups is 1. The van der Waals surface area contributed by atoms with E-state index in [1.807, 2.05) is 31.2 Å². The minimum atomic E-state index is 0. The fourth-order valence-electron chi connectivity index (χ4n) is 2.04. The molecule has 0 bridgehead atoms. The Bertz CT molecular complexity index is 597. The van der Waals surface area contributed by atoms with Gasteiger partial charge in [-0.15, -0.1) is 24.0 Å². The molecule has 0 saturated heterocycles. The van der Waals surface area contributed by atoms with Crippen LogP contribution in [0.25, 0.3) is 0 Å². The van der Waals surface area contributed by atoms with E-state index in [9.17, 15) is 0 Å². The fourth-order valence-corrected chi connectivity index (χ4v) is 2.04. The summed E-state index contributed by atoms with van der Waals surface area (Å²) in [6, 6.07) is 9.91. The Morgan fingerprint density at radius 3 is 2.59 bits per heavy atom. The number of ether oxygens (including phenoxy) is 1. The molecule has 2 rings (SSSR count). The van der Waals surface area contributed by atoms with Gasteiger partial charge in [-0.3, -0.25) is 4.99 Å². The van der Waals surface area contributed by atoms with Crippen molar-refractivity contribution in [1.82, 2.24) is 10.6 Å². The van der Waals surface area contributed by atoms with Gasteiger partial charge in [0.05, 0.1) is 19.9 Å². The normalized spacial score (nSPS) is 10.8. The highest BCUT2D eigenvalue weighted by Gasteiger charge is 2.02. The minimum Gasteiger partial charge on any atom is -0.496 e. The Balaban J connectivity index is 0.00000242. The first-order valence-electron chi connectivity index (χ1n) is 6.83. The molecule has 0 unspecified atom stereocenters. The molecule has 120 valence electrons. The predicted molar refractivity (Wildman–Crippen MR) is 98.9 cm³/mol. The molecule has 0 saturated carbocycles. The smallest absolute Gasteiger partial charge is 0.191 e. The molecule has 1 aromatic heterocycles. The Kier molecular flexibility index (Phi) is 7.79. The highest BCUT2D eigenvalue weighted by molar-refractivity contribution is 14.0. The number of benzene rings is 1. The summed E-state index contributed by atoms with van der Waals surface area (Å²) in [6.45, 7) is 3.34. The van der Waals surface area contributed by atoms with Crippen LogP contribution in [-0.2, 0) is 13.1 Å². The zero-order chi connectivity index (χ0) is 15.1. The van der Waals surface area contributed by atoms with Crippen LogP contribution in [0.3, 0.4) is 0 Å². The summed E-state index contributed by atoms with van der Waals surface area (Å²) < 4.78 is 10.5. The quantitative estimate of drug-likeness (QED) is 0.448. The first-order chi connectivity index (χ1) is 10.2. The lowest BCUT2D eigenvalue weighted by Gasteiger charge is -2.12. The number of hydrogen-bond acceptors (Lipinski definition) is 3. The van der Waals surface area contributed by atoms with Crippen LogP contribution >= 0.6 is 24.0 Å². The Morgan fingerprint density at radius 2 is 2.00 bits per heavy atom. The van der Waals surface area contributed by atoms with Crippen molar-refractivity contribution < 1.29 is 9.15 Å². The van der Waals surface area contributed by atoms with Crippen LogP contribution in [-0.4, -0.2) is 20.1 Å². The molecule has 2 aromatic rings. The van der Waals surface area contributed by atoms with Crippen molar-refractivity contribution in [2.24, 2.45) is 4.99 Å². The van der Waals surface area contributed by atoms with Gasteiger partial charge in [-0.1, -0.05) is 12.1 Å². The molecular formula is C16H22IN3O2. The summed E-state index contributed by atoms with van der Waals surface area (Å²) in [5, 5.41) is 6.47. The number of nitrogens with zero attached hydrogens (tertiary/aromatic N) is 1. The highest BCUT2D eigenvalue weighted by Crippen LogP contribution is 2.18. The highest BCUT2D eigenvalue weighted by atomic mass is 127. The Labute approximate surface area is 148 Å². The van der Waals surface area contributed by atoms with Crippen molar-refractivity contribution in [3.63, 3.8) is 0 Å². The lowest BCUT2D eigenvalue weighted by molar-refractivity contribution is 0.411. The van der Waals surface area contributed by atoms with Crippen LogP contribution in [0, 0.1) is 6.92 Å². The standard InChI is InChI=1S/C16H21N3O2.HI/c1-12-9-13(6-7-15(12)20-3)10-18-16(17-2)19-11-14-5-4-8-21-14;/h4-9H,10-11H2,1-3H3,(H2,17,18,19);1H. The first kappa shape index (κ1) is 18.3. The summed E-state index contributed by atoms with van der Waals surface area (Å²) in [7, 11) is 3.43. The van der Waals surface area contributed by atoms with Gasteiger partial charge in [-0.2, -0.15) is 0 Å². The number of rotatable bonds is 5. The molecule has 0 aliphatic rings. The second-order valence-corrected chi connectivity index (χ2v) is 4.66. The third-order valence-corrected chi connectivity index (χ3v) is 3.15. The van der Waals surface area contributed by atoms with E-state index < -0.39 is 0 Å². The molecule has 0 fully saturated rings. The third-order valence-electron chi connectivity index (χ3n) is 3.15. The zero-order valence-corrected chi connectivity index (χ0v) is 15.4. The second kappa shape index (κ2) is 9.34. The van der Waals surface area contributed by atoms with E-state index in [1.165, 1.54) is 5.56 Å². The number of guanidine groups is 1. The van der Waals surface area contributed by atoms with Crippen LogP contribution in [0.2, 0.25) is 0 Å². The largest absolute Gasteiger partial charge is 0.496 e. The predicted octanol–water partition coefficient (Wildman–Crippen LogP) is 3.08. The van der Waals surface area contributed by atoms with Gasteiger partial charge >= 0.3 is 0 Å². The Hall–Kier alpha value is -1.70. The van der Waals surface area contributed by atoms with Crippen LogP contribution in [0.5, 0.6) is 5.75 Å². The number of nitrogens with one attached hydrogen (secondary N) is 2. The number of furan rings is 1. The Morgan fingerprint density at radius 1 is 1.23 bits per heavy atom. The summed E-state index contributed by atoms with van der Waals surface area (Å²) in [5.41, 5.74) is 2.30. The van der Waals surface area contributed by atoms with Gasteiger partial charge in [0.2, 0.25) is 0 Å². The average Bonchev–Trinajstić information content (AvgIpc) is 3.01. The molecule has 22 heavy (non-hydrogen) atoms. The molecule has 0 aliphatic carbocycles. The lowest BCUT2D eigenvalue weighted by atomic mass is 10.1. The molecule has 0 aliphatic heterocycles. The van der Waals surface area contributed by atoms with Crippen LogP contribution in [0.15, 0.2) is 46.0 Å². The molecule has 1 heterocycles. The van der Waals surface area contributed by atoms with E-state index in [0.29, 0.717) is 13.1 Å². The molecule has 5 nitrogen and oxygen atoms in total. The summed E-state index contributed by atoms with van der Waals surface area (Å²) >= 11 is 0. The van der Waals surface area contributed by atoms with Crippen LogP contribution < -0.4 is 15.4 Å². The summed E-state index contributed by atoms with van der Waals surface area (Å²) in [5.74, 6) is 2.51. The number of hydrogen-bond donors (Lipinski definition) is 2. The molecule has 1 aromatic carbocycles. The van der Waals surface area contributed by atoms with Gasteiger partial charge in [0.15, 0.2) is 5.96 Å². The molecular weight excluding hydrogens is 393 g/mol. The topological polar surface area (TPSA) is 58.8 Å². The summed E-state index contributed by atoms with van der Waals surface area (Å²) in [4.78, 5) is 4.19. The van der Waals surface area contributed by atoms with Crippen molar-refractivity contribution >= 4 is 29.9 Å². The van der Waals surface area contributed by atoms with Crippen molar-refractivity contribution in [1.29, 1.82) is 0 Å². The van der Waals surface area contributed by atoms with Gasteiger partial charge in [-0.05, 0) is 36.2 Å². The number of aryl methyl sites for hydroxylation is 1. The minimum absolute atomic E-state index is 0. The van der Waals surface area contributed by atoms with E-state index in [1.54, 1.807) is 20.4 Å². The number of halogens is 1. The van der Waals surface area contributed by atoms with Gasteiger partial charge < -0.3 is 19.8 Å². The van der Waals surface area contributed by atoms with Crippen molar-refractivity contribution in [2.45, 2.75) is 20.0 Å². The maximum absolute atomic E-state index is 5.27. The monoisotopic (exact) mass is 415 g/mol.